The van der Waals surface area contributed by atoms with Crippen molar-refractivity contribution >= 4 is 37.3 Å². The number of ether oxygens (including phenoxy) is 1. The van der Waals surface area contributed by atoms with Gasteiger partial charge in [-0.15, -0.1) is 0 Å². The summed E-state index contributed by atoms with van der Waals surface area (Å²) in [5.41, 5.74) is -0.322. The molecule has 0 aliphatic carbocycles. The Morgan fingerprint density at radius 2 is 2.08 bits per heavy atom. The molecule has 11 heteroatoms. The lowest BCUT2D eigenvalue weighted by Crippen LogP contribution is -2.36. The van der Waals surface area contributed by atoms with E-state index in [-0.39, 0.29) is 27.6 Å². The van der Waals surface area contributed by atoms with Crippen LogP contribution in [0.1, 0.15) is 12.8 Å². The van der Waals surface area contributed by atoms with Gasteiger partial charge >= 0.3 is 0 Å². The Labute approximate surface area is 147 Å². The maximum Gasteiger partial charge on any atom is 0.294 e. The van der Waals surface area contributed by atoms with Gasteiger partial charge in [-0.2, -0.15) is 0 Å². The largest absolute Gasteiger partial charge is 0.394 e. The van der Waals surface area contributed by atoms with Gasteiger partial charge in [0.25, 0.3) is 5.69 Å². The average Bonchev–Trinajstić information content (AvgIpc) is 2.53. The quantitative estimate of drug-likeness (QED) is 0.460. The molecule has 4 N–H and O–H groups in total. The first-order chi connectivity index (χ1) is 11.2. The Bertz CT molecular complexity index is 721. The smallest absolute Gasteiger partial charge is 0.294 e. The van der Waals surface area contributed by atoms with E-state index in [2.05, 4.69) is 21.2 Å². The molecule has 0 spiro atoms. The molecule has 9 nitrogen and oxygen atoms in total. The van der Waals surface area contributed by atoms with Crippen LogP contribution >= 0.6 is 15.9 Å². The first-order valence-electron chi connectivity index (χ1n) is 7.20. The first kappa shape index (κ1) is 19.1. The van der Waals surface area contributed by atoms with Crippen molar-refractivity contribution in [2.45, 2.75) is 23.8 Å². The second-order valence-corrected chi connectivity index (χ2v) is 7.90. The number of aliphatic hydroxyl groups is 1. The predicted octanol–water partition coefficient (Wildman–Crippen LogP) is 1.20. The molecule has 1 fully saturated rings. The molecule has 0 unspecified atom stereocenters. The van der Waals surface area contributed by atoms with Crippen LogP contribution in [0.4, 0.5) is 11.4 Å². The number of nitro groups is 1. The zero-order chi connectivity index (χ0) is 17.9. The summed E-state index contributed by atoms with van der Waals surface area (Å²) in [5.74, 6) is 0.0909. The third kappa shape index (κ3) is 4.42. The molecule has 1 heterocycles. The molecule has 1 atom stereocenters. The Morgan fingerprint density at radius 1 is 1.46 bits per heavy atom. The zero-order valence-electron chi connectivity index (χ0n) is 12.6. The molecule has 24 heavy (non-hydrogen) atoms. The number of halogens is 1. The van der Waals surface area contributed by atoms with Gasteiger partial charge in [-0.1, -0.05) is 0 Å². The van der Waals surface area contributed by atoms with E-state index >= 15 is 0 Å². The van der Waals surface area contributed by atoms with E-state index in [1.54, 1.807) is 0 Å². The Hall–Kier alpha value is -1.27. The Kier molecular flexibility index (Phi) is 6.15. The normalized spacial score (nSPS) is 17.5. The molecular formula is C13H18BrN3O6S. The second-order valence-electron chi connectivity index (χ2n) is 5.48. The van der Waals surface area contributed by atoms with Crippen molar-refractivity contribution < 1.29 is 23.2 Å². The van der Waals surface area contributed by atoms with Crippen LogP contribution in [0.15, 0.2) is 21.5 Å². The number of hydrogen-bond donors (Lipinski definition) is 3. The van der Waals surface area contributed by atoms with Crippen molar-refractivity contribution in [1.82, 2.24) is 0 Å². The van der Waals surface area contributed by atoms with Crippen molar-refractivity contribution in [3.8, 4) is 0 Å². The van der Waals surface area contributed by atoms with E-state index < -0.39 is 26.7 Å². The third-order valence-corrected chi connectivity index (χ3v) is 5.45. The van der Waals surface area contributed by atoms with Crippen molar-refractivity contribution in [3.05, 3.63) is 26.7 Å². The van der Waals surface area contributed by atoms with E-state index in [1.807, 2.05) is 0 Å². The van der Waals surface area contributed by atoms with Gasteiger partial charge in [0.1, 0.15) is 5.69 Å². The number of benzene rings is 1. The number of nitrogens with zero attached hydrogens (tertiary/aromatic N) is 1. The average molecular weight is 424 g/mol. The highest BCUT2D eigenvalue weighted by Gasteiger charge is 2.28. The van der Waals surface area contributed by atoms with Crippen LogP contribution in [0.3, 0.4) is 0 Å². The number of nitro benzene ring substituents is 1. The van der Waals surface area contributed by atoms with Crippen LogP contribution in [-0.2, 0) is 14.8 Å². The molecule has 1 aromatic rings. The van der Waals surface area contributed by atoms with Gasteiger partial charge in [0.15, 0.2) is 0 Å². The Morgan fingerprint density at radius 3 is 2.58 bits per heavy atom. The number of primary sulfonamides is 1. The summed E-state index contributed by atoms with van der Waals surface area (Å²) >= 11 is 3.15. The third-order valence-electron chi connectivity index (χ3n) is 3.93. The van der Waals surface area contributed by atoms with Crippen molar-refractivity contribution in [3.63, 3.8) is 0 Å². The lowest BCUT2D eigenvalue weighted by atomic mass is 9.92. The summed E-state index contributed by atoms with van der Waals surface area (Å²) < 4.78 is 28.4. The van der Waals surface area contributed by atoms with Gasteiger partial charge in [0.2, 0.25) is 10.0 Å². The zero-order valence-corrected chi connectivity index (χ0v) is 15.0. The maximum atomic E-state index is 11.5. The topological polar surface area (TPSA) is 145 Å². The maximum absolute atomic E-state index is 11.5. The van der Waals surface area contributed by atoms with Crippen LogP contribution in [0.2, 0.25) is 0 Å². The van der Waals surface area contributed by atoms with E-state index in [0.29, 0.717) is 13.2 Å². The van der Waals surface area contributed by atoms with Crippen molar-refractivity contribution in [2.24, 2.45) is 11.1 Å². The molecule has 0 amide bonds. The number of nitrogens with two attached hydrogens (primary N) is 1. The monoisotopic (exact) mass is 423 g/mol. The SMILES string of the molecule is NS(=O)(=O)c1cc(Br)c(N[C@@H](CO)C2CCOCC2)c([N+](=O)[O-])c1. The molecule has 0 aromatic heterocycles. The van der Waals surface area contributed by atoms with Crippen molar-refractivity contribution in [2.75, 3.05) is 25.1 Å². The second kappa shape index (κ2) is 7.74. The molecule has 1 aromatic carbocycles. The fourth-order valence-electron chi connectivity index (χ4n) is 2.64. The molecule has 1 saturated heterocycles. The summed E-state index contributed by atoms with van der Waals surface area (Å²) in [7, 11) is -4.08. The number of aliphatic hydroxyl groups excluding tert-OH is 1. The van der Waals surface area contributed by atoms with Gasteiger partial charge in [0, 0.05) is 23.8 Å². The number of hydrogen-bond acceptors (Lipinski definition) is 7. The summed E-state index contributed by atoms with van der Waals surface area (Å²) in [6, 6.07) is 1.69. The van der Waals surface area contributed by atoms with Gasteiger partial charge < -0.3 is 15.2 Å². The minimum Gasteiger partial charge on any atom is -0.394 e. The van der Waals surface area contributed by atoms with Crippen LogP contribution in [0.5, 0.6) is 0 Å². The van der Waals surface area contributed by atoms with Crippen LogP contribution in [0, 0.1) is 16.0 Å². The summed E-state index contributed by atoms with van der Waals surface area (Å²) in [5, 5.41) is 29.0. The molecule has 0 radical (unpaired) electrons. The highest BCUT2D eigenvalue weighted by atomic mass is 79.9. The fraction of sp³-hybridized carbons (Fsp3) is 0.538. The standard InChI is InChI=1S/C13H18BrN3O6S/c14-10-5-9(24(15,21)22)6-12(17(19)20)13(10)16-11(7-18)8-1-3-23-4-2-8/h5-6,8,11,16,18H,1-4,7H2,(H2,15,21,22)/t11-/m0/s1. The van der Waals surface area contributed by atoms with Crippen LogP contribution in [0.25, 0.3) is 0 Å². The lowest BCUT2D eigenvalue weighted by Gasteiger charge is -2.30. The Balaban J connectivity index is 2.39. The highest BCUT2D eigenvalue weighted by molar-refractivity contribution is 9.10. The molecule has 134 valence electrons. The van der Waals surface area contributed by atoms with E-state index in [4.69, 9.17) is 9.88 Å². The number of sulfonamides is 1. The van der Waals surface area contributed by atoms with Crippen LogP contribution < -0.4 is 10.5 Å². The summed E-state index contributed by atoms with van der Waals surface area (Å²) in [6.45, 7) is 0.915. The van der Waals surface area contributed by atoms with Crippen LogP contribution in [-0.4, -0.2) is 44.3 Å². The number of anilines is 1. The predicted molar refractivity (Wildman–Crippen MR) is 90.2 cm³/mol. The molecule has 1 aliphatic rings. The number of rotatable bonds is 6. The van der Waals surface area contributed by atoms with Gasteiger partial charge in [-0.05, 0) is 40.8 Å². The van der Waals surface area contributed by atoms with Gasteiger partial charge in [-0.3, -0.25) is 10.1 Å². The fourth-order valence-corrected chi connectivity index (χ4v) is 3.91. The van der Waals surface area contributed by atoms with E-state index in [0.717, 1.165) is 18.9 Å². The van der Waals surface area contributed by atoms with Crippen molar-refractivity contribution in [1.29, 1.82) is 0 Å². The lowest BCUT2D eigenvalue weighted by molar-refractivity contribution is -0.384. The number of nitrogens with one attached hydrogen (secondary N) is 1. The summed E-state index contributed by atoms with van der Waals surface area (Å²) in [6.07, 6.45) is 1.44. The summed E-state index contributed by atoms with van der Waals surface area (Å²) in [4.78, 5) is 10.3. The molecule has 2 rings (SSSR count). The van der Waals surface area contributed by atoms with Gasteiger partial charge in [-0.25, -0.2) is 13.6 Å². The molecule has 0 saturated carbocycles. The molecular weight excluding hydrogens is 406 g/mol. The van der Waals surface area contributed by atoms with Gasteiger partial charge in [0.05, 0.1) is 22.5 Å². The molecule has 1 aliphatic heterocycles. The molecule has 0 bridgehead atoms. The minimum absolute atomic E-state index is 0.0909. The minimum atomic E-state index is -4.08. The highest BCUT2D eigenvalue weighted by Crippen LogP contribution is 2.37. The van der Waals surface area contributed by atoms with E-state index in [9.17, 15) is 23.6 Å². The first-order valence-corrected chi connectivity index (χ1v) is 9.54. The van der Waals surface area contributed by atoms with E-state index in [1.165, 1.54) is 6.07 Å².